The Morgan fingerprint density at radius 2 is 1.92 bits per heavy atom. The van der Waals surface area contributed by atoms with E-state index in [-0.39, 0.29) is 11.8 Å². The molecule has 0 fully saturated rings. The lowest BCUT2D eigenvalue weighted by atomic mass is 10.2. The van der Waals surface area contributed by atoms with Crippen molar-refractivity contribution >= 4 is 17.0 Å². The quantitative estimate of drug-likeness (QED) is 0.671. The second kappa shape index (κ2) is 7.16. The first kappa shape index (κ1) is 16.0. The maximum Gasteiger partial charge on any atom is 0.320 e. The van der Waals surface area contributed by atoms with Crippen molar-refractivity contribution in [3.8, 4) is 12.0 Å². The predicted molar refractivity (Wildman–Crippen MR) is 92.2 cm³/mol. The van der Waals surface area contributed by atoms with Crippen LogP contribution in [-0.4, -0.2) is 33.2 Å². The van der Waals surface area contributed by atoms with Gasteiger partial charge in [-0.25, -0.2) is 0 Å². The molecule has 7 heteroatoms. The van der Waals surface area contributed by atoms with E-state index in [9.17, 15) is 0 Å². The fraction of sp³-hybridized carbons (Fsp3) is 0.353. The molecule has 0 spiro atoms. The Morgan fingerprint density at radius 3 is 2.62 bits per heavy atom. The zero-order valence-corrected chi connectivity index (χ0v) is 13.9. The lowest BCUT2D eigenvalue weighted by Gasteiger charge is -2.08. The number of imidazole rings is 1. The molecule has 24 heavy (non-hydrogen) atoms. The number of fused-ring (bicyclic) bond motifs is 1. The third-order valence-electron chi connectivity index (χ3n) is 3.66. The number of nitrogen functional groups attached to an aromatic ring is 1. The van der Waals surface area contributed by atoms with Crippen LogP contribution in [0.2, 0.25) is 0 Å². The van der Waals surface area contributed by atoms with Crippen LogP contribution in [-0.2, 0) is 6.54 Å². The molecular formula is C17H21N5O2. The normalized spacial score (nSPS) is 10.9. The smallest absolute Gasteiger partial charge is 0.320 e. The lowest BCUT2D eigenvalue weighted by Crippen LogP contribution is -2.07. The number of benzene rings is 1. The summed E-state index contributed by atoms with van der Waals surface area (Å²) in [7, 11) is 1.57. The van der Waals surface area contributed by atoms with E-state index in [1.807, 2.05) is 34.9 Å². The highest BCUT2D eigenvalue weighted by atomic mass is 16.5. The molecule has 126 valence electrons. The van der Waals surface area contributed by atoms with Crippen molar-refractivity contribution < 1.29 is 9.47 Å². The van der Waals surface area contributed by atoms with Crippen LogP contribution in [0.15, 0.2) is 30.3 Å². The Kier molecular flexibility index (Phi) is 4.79. The summed E-state index contributed by atoms with van der Waals surface area (Å²) in [4.78, 5) is 13.1. The second-order valence-electron chi connectivity index (χ2n) is 5.44. The number of hydrogen-bond acceptors (Lipinski definition) is 6. The van der Waals surface area contributed by atoms with Crippen molar-refractivity contribution in [3.05, 3.63) is 35.9 Å². The van der Waals surface area contributed by atoms with Crippen molar-refractivity contribution in [1.82, 2.24) is 19.5 Å². The fourth-order valence-electron chi connectivity index (χ4n) is 2.42. The number of unbranched alkanes of at least 4 members (excludes halogenated alkanes) is 1. The average Bonchev–Trinajstić information content (AvgIpc) is 2.94. The summed E-state index contributed by atoms with van der Waals surface area (Å²) in [5.74, 6) is 0.289. The molecule has 3 rings (SSSR count). The standard InChI is InChI=1S/C17H21N5O2/c1-3-4-10-24-16-20-14(18)13-15(21-16)22(17(19-13)23-2)11-12-8-6-5-7-9-12/h5-9H,3-4,10-11H2,1-2H3,(H2,18,20,21). The molecule has 0 aliphatic rings. The Balaban J connectivity index is 2.01. The zero-order valence-electron chi connectivity index (χ0n) is 13.9. The van der Waals surface area contributed by atoms with Crippen molar-refractivity contribution in [2.24, 2.45) is 0 Å². The Morgan fingerprint density at radius 1 is 1.12 bits per heavy atom. The lowest BCUT2D eigenvalue weighted by molar-refractivity contribution is 0.286. The molecule has 0 saturated carbocycles. The first-order valence-corrected chi connectivity index (χ1v) is 7.97. The van der Waals surface area contributed by atoms with Crippen LogP contribution >= 0.6 is 0 Å². The monoisotopic (exact) mass is 327 g/mol. The maximum absolute atomic E-state index is 6.03. The summed E-state index contributed by atoms with van der Waals surface area (Å²) in [6.45, 7) is 3.23. The van der Waals surface area contributed by atoms with Crippen molar-refractivity contribution in [3.63, 3.8) is 0 Å². The summed E-state index contributed by atoms with van der Waals surface area (Å²) in [6, 6.07) is 10.7. The van der Waals surface area contributed by atoms with Crippen LogP contribution in [0.5, 0.6) is 12.0 Å². The zero-order chi connectivity index (χ0) is 16.9. The summed E-state index contributed by atoms with van der Waals surface area (Å²) < 4.78 is 12.9. The van der Waals surface area contributed by atoms with Crippen LogP contribution in [0, 0.1) is 0 Å². The number of methoxy groups -OCH3 is 1. The van der Waals surface area contributed by atoms with E-state index in [4.69, 9.17) is 15.2 Å². The van der Waals surface area contributed by atoms with E-state index >= 15 is 0 Å². The van der Waals surface area contributed by atoms with Gasteiger partial charge in [-0.2, -0.15) is 15.0 Å². The largest absolute Gasteiger partial charge is 0.468 e. The molecule has 7 nitrogen and oxygen atoms in total. The van der Waals surface area contributed by atoms with Gasteiger partial charge >= 0.3 is 6.01 Å². The van der Waals surface area contributed by atoms with E-state index in [1.165, 1.54) is 0 Å². The highest BCUT2D eigenvalue weighted by Gasteiger charge is 2.18. The second-order valence-corrected chi connectivity index (χ2v) is 5.44. The molecule has 0 radical (unpaired) electrons. The van der Waals surface area contributed by atoms with Gasteiger partial charge in [0, 0.05) is 0 Å². The topological polar surface area (TPSA) is 88.1 Å². The van der Waals surface area contributed by atoms with E-state index in [0.29, 0.717) is 30.3 Å². The van der Waals surface area contributed by atoms with Crippen LogP contribution in [0.1, 0.15) is 25.3 Å². The predicted octanol–water partition coefficient (Wildman–Crippen LogP) is 2.64. The van der Waals surface area contributed by atoms with Gasteiger partial charge < -0.3 is 15.2 Å². The number of hydrogen-bond donors (Lipinski definition) is 1. The Bertz CT molecular complexity index is 817. The highest BCUT2D eigenvalue weighted by molar-refractivity contribution is 5.83. The molecule has 1 aromatic carbocycles. The minimum absolute atomic E-state index is 0.269. The minimum Gasteiger partial charge on any atom is -0.468 e. The first-order valence-electron chi connectivity index (χ1n) is 7.97. The highest BCUT2D eigenvalue weighted by Crippen LogP contribution is 2.26. The molecular weight excluding hydrogens is 306 g/mol. The SMILES string of the molecule is CCCCOc1nc(N)c2nc(OC)n(Cc3ccccc3)c2n1. The van der Waals surface area contributed by atoms with Crippen LogP contribution in [0.4, 0.5) is 5.82 Å². The summed E-state index contributed by atoms with van der Waals surface area (Å²) in [5.41, 5.74) is 8.27. The molecule has 0 aliphatic carbocycles. The van der Waals surface area contributed by atoms with Gasteiger partial charge in [0.1, 0.15) is 0 Å². The third kappa shape index (κ3) is 3.24. The average molecular weight is 327 g/mol. The molecule has 0 unspecified atom stereocenters. The number of nitrogens with zero attached hydrogens (tertiary/aromatic N) is 4. The van der Waals surface area contributed by atoms with Crippen LogP contribution in [0.25, 0.3) is 11.2 Å². The van der Waals surface area contributed by atoms with Crippen molar-refractivity contribution in [1.29, 1.82) is 0 Å². The van der Waals surface area contributed by atoms with E-state index in [1.54, 1.807) is 7.11 Å². The number of rotatable bonds is 7. The van der Waals surface area contributed by atoms with Crippen LogP contribution in [0.3, 0.4) is 0 Å². The van der Waals surface area contributed by atoms with Gasteiger partial charge in [-0.05, 0) is 12.0 Å². The van der Waals surface area contributed by atoms with Gasteiger partial charge in [-0.15, -0.1) is 0 Å². The van der Waals surface area contributed by atoms with Gasteiger partial charge in [0.25, 0.3) is 6.01 Å². The van der Waals surface area contributed by atoms with Gasteiger partial charge in [0.2, 0.25) is 0 Å². The van der Waals surface area contributed by atoms with Gasteiger partial charge in [0.15, 0.2) is 17.0 Å². The van der Waals surface area contributed by atoms with Gasteiger partial charge in [0.05, 0.1) is 20.3 Å². The minimum atomic E-state index is 0.269. The van der Waals surface area contributed by atoms with Gasteiger partial charge in [-0.1, -0.05) is 43.7 Å². The molecule has 0 amide bonds. The summed E-state index contributed by atoms with van der Waals surface area (Å²) >= 11 is 0. The first-order chi connectivity index (χ1) is 11.7. The molecule has 2 heterocycles. The van der Waals surface area contributed by atoms with Crippen molar-refractivity contribution in [2.45, 2.75) is 26.3 Å². The Hall–Kier alpha value is -2.83. The molecule has 2 aromatic heterocycles. The Labute approximate surface area is 140 Å². The molecule has 0 saturated heterocycles. The fourth-order valence-corrected chi connectivity index (χ4v) is 2.42. The number of anilines is 1. The summed E-state index contributed by atoms with van der Waals surface area (Å²) in [6.07, 6.45) is 1.98. The number of aromatic nitrogens is 4. The van der Waals surface area contributed by atoms with Gasteiger partial charge in [-0.3, -0.25) is 4.57 Å². The van der Waals surface area contributed by atoms with E-state index in [0.717, 1.165) is 18.4 Å². The molecule has 0 aliphatic heterocycles. The molecule has 3 aromatic rings. The summed E-state index contributed by atoms with van der Waals surface area (Å²) in [5, 5.41) is 0. The number of ether oxygens (including phenoxy) is 2. The van der Waals surface area contributed by atoms with E-state index < -0.39 is 0 Å². The molecule has 0 atom stereocenters. The molecule has 2 N–H and O–H groups in total. The molecule has 0 bridgehead atoms. The van der Waals surface area contributed by atoms with Crippen LogP contribution < -0.4 is 15.2 Å². The van der Waals surface area contributed by atoms with E-state index in [2.05, 4.69) is 21.9 Å². The van der Waals surface area contributed by atoms with Crippen molar-refractivity contribution in [2.75, 3.05) is 19.5 Å². The maximum atomic E-state index is 6.03. The number of nitrogens with two attached hydrogens (primary N) is 1. The third-order valence-corrected chi connectivity index (χ3v) is 3.66.